The number of nitrogens with one attached hydrogen (secondary N) is 2. The van der Waals surface area contributed by atoms with Crippen molar-refractivity contribution in [3.63, 3.8) is 0 Å². The van der Waals surface area contributed by atoms with Gasteiger partial charge in [0, 0.05) is 25.6 Å². The van der Waals surface area contributed by atoms with Gasteiger partial charge in [-0.3, -0.25) is 0 Å². The number of urea groups is 1. The fraction of sp³-hybridized carbons (Fsp3) is 0.562. The highest BCUT2D eigenvalue weighted by Crippen LogP contribution is 2.13. The van der Waals surface area contributed by atoms with Crippen molar-refractivity contribution in [1.29, 1.82) is 0 Å². The Bertz CT molecular complexity index is 438. The highest BCUT2D eigenvalue weighted by Gasteiger charge is 2.21. The molecule has 1 aliphatic heterocycles. The number of aliphatic hydroxyl groups is 1. The maximum Gasteiger partial charge on any atom is 0.314 e. The molecule has 21 heavy (non-hydrogen) atoms. The minimum Gasteiger partial charge on any atom is -0.391 e. The second kappa shape index (κ2) is 8.00. The maximum absolute atomic E-state index is 11.7. The molecule has 0 bridgehead atoms. The van der Waals surface area contributed by atoms with Crippen LogP contribution in [0.1, 0.15) is 18.4 Å². The molecule has 5 nitrogen and oxygen atoms in total. The molecule has 2 atom stereocenters. The number of likely N-dealkylation sites (N-methyl/N-ethyl adjacent to an activating group) is 1. The molecule has 0 saturated carbocycles. The number of amides is 2. The van der Waals surface area contributed by atoms with E-state index < -0.39 is 6.10 Å². The first kappa shape index (κ1) is 15.8. The van der Waals surface area contributed by atoms with Crippen LogP contribution in [0, 0.1) is 0 Å². The van der Waals surface area contributed by atoms with Crippen molar-refractivity contribution in [1.82, 2.24) is 15.5 Å². The van der Waals surface area contributed by atoms with Crippen LogP contribution in [-0.4, -0.2) is 54.9 Å². The molecule has 5 heteroatoms. The SMILES string of the molecule is CN1CCCC1CNC(=O)NCC(O)Cc1ccccc1. The zero-order valence-electron chi connectivity index (χ0n) is 12.6. The monoisotopic (exact) mass is 291 g/mol. The molecule has 1 aromatic rings. The summed E-state index contributed by atoms with van der Waals surface area (Å²) in [6.45, 7) is 2.03. The molecular formula is C16H25N3O2. The summed E-state index contributed by atoms with van der Waals surface area (Å²) in [7, 11) is 2.08. The molecule has 2 amide bonds. The van der Waals surface area contributed by atoms with Gasteiger partial charge in [-0.15, -0.1) is 0 Å². The number of carbonyl (C=O) groups is 1. The zero-order chi connectivity index (χ0) is 15.1. The van der Waals surface area contributed by atoms with Gasteiger partial charge >= 0.3 is 6.03 Å². The van der Waals surface area contributed by atoms with Crippen molar-refractivity contribution in [2.24, 2.45) is 0 Å². The number of carbonyl (C=O) groups excluding carboxylic acids is 1. The topological polar surface area (TPSA) is 64.6 Å². The Morgan fingerprint density at radius 1 is 1.38 bits per heavy atom. The van der Waals surface area contributed by atoms with E-state index in [0.29, 0.717) is 19.0 Å². The van der Waals surface area contributed by atoms with Gasteiger partial charge in [-0.25, -0.2) is 4.79 Å². The second-order valence-electron chi connectivity index (χ2n) is 5.71. The van der Waals surface area contributed by atoms with Gasteiger partial charge < -0.3 is 20.6 Å². The van der Waals surface area contributed by atoms with Crippen LogP contribution in [0.5, 0.6) is 0 Å². The van der Waals surface area contributed by atoms with Crippen LogP contribution in [-0.2, 0) is 6.42 Å². The Balaban J connectivity index is 1.62. The summed E-state index contributed by atoms with van der Waals surface area (Å²) in [4.78, 5) is 14.0. The molecule has 3 N–H and O–H groups in total. The van der Waals surface area contributed by atoms with E-state index in [1.165, 1.54) is 6.42 Å². The lowest BCUT2D eigenvalue weighted by atomic mass is 10.1. The van der Waals surface area contributed by atoms with Crippen molar-refractivity contribution in [2.45, 2.75) is 31.4 Å². The number of aliphatic hydroxyl groups excluding tert-OH is 1. The molecule has 0 aromatic heterocycles. The van der Waals surface area contributed by atoms with Gasteiger partial charge in [0.25, 0.3) is 0 Å². The quantitative estimate of drug-likeness (QED) is 0.732. The third-order valence-corrected chi connectivity index (χ3v) is 3.98. The Morgan fingerprint density at radius 2 is 2.14 bits per heavy atom. The summed E-state index contributed by atoms with van der Waals surface area (Å²) in [5.74, 6) is 0. The number of likely N-dealkylation sites (tertiary alicyclic amines) is 1. The molecule has 0 aliphatic carbocycles. The third-order valence-electron chi connectivity index (χ3n) is 3.98. The predicted molar refractivity (Wildman–Crippen MR) is 83.2 cm³/mol. The van der Waals surface area contributed by atoms with Crippen molar-refractivity contribution in [3.8, 4) is 0 Å². The van der Waals surface area contributed by atoms with Crippen LogP contribution in [0.3, 0.4) is 0 Å². The van der Waals surface area contributed by atoms with E-state index in [9.17, 15) is 9.90 Å². The Kier molecular flexibility index (Phi) is 6.02. The number of nitrogens with zero attached hydrogens (tertiary/aromatic N) is 1. The average molecular weight is 291 g/mol. The van der Waals surface area contributed by atoms with Crippen molar-refractivity contribution in [2.75, 3.05) is 26.7 Å². The van der Waals surface area contributed by atoms with Crippen LogP contribution in [0.25, 0.3) is 0 Å². The Morgan fingerprint density at radius 3 is 2.81 bits per heavy atom. The van der Waals surface area contributed by atoms with Gasteiger partial charge in [0.15, 0.2) is 0 Å². The second-order valence-corrected chi connectivity index (χ2v) is 5.71. The summed E-state index contributed by atoms with van der Waals surface area (Å²) in [6.07, 6.45) is 2.31. The summed E-state index contributed by atoms with van der Waals surface area (Å²) in [6, 6.07) is 10.0. The molecule has 116 valence electrons. The summed E-state index contributed by atoms with van der Waals surface area (Å²) in [5.41, 5.74) is 1.07. The van der Waals surface area contributed by atoms with Crippen molar-refractivity contribution in [3.05, 3.63) is 35.9 Å². The van der Waals surface area contributed by atoms with Crippen LogP contribution in [0.15, 0.2) is 30.3 Å². The molecule has 0 radical (unpaired) electrons. The number of hydrogen-bond donors (Lipinski definition) is 3. The lowest BCUT2D eigenvalue weighted by Crippen LogP contribution is -2.45. The van der Waals surface area contributed by atoms with Gasteiger partial charge in [0.1, 0.15) is 0 Å². The lowest BCUT2D eigenvalue weighted by molar-refractivity contribution is 0.170. The molecule has 2 rings (SSSR count). The van der Waals surface area contributed by atoms with E-state index in [4.69, 9.17) is 0 Å². The van der Waals surface area contributed by atoms with E-state index in [0.717, 1.165) is 18.5 Å². The van der Waals surface area contributed by atoms with Gasteiger partial charge in [0.05, 0.1) is 6.10 Å². The Labute approximate surface area is 126 Å². The largest absolute Gasteiger partial charge is 0.391 e. The molecular weight excluding hydrogens is 266 g/mol. The first-order valence-electron chi connectivity index (χ1n) is 7.59. The van der Waals surface area contributed by atoms with E-state index in [1.54, 1.807) is 0 Å². The highest BCUT2D eigenvalue weighted by atomic mass is 16.3. The van der Waals surface area contributed by atoms with Crippen LogP contribution in [0.4, 0.5) is 4.79 Å². The van der Waals surface area contributed by atoms with Gasteiger partial charge in [-0.2, -0.15) is 0 Å². The number of rotatable bonds is 6. The minimum absolute atomic E-state index is 0.206. The van der Waals surface area contributed by atoms with Crippen LogP contribution >= 0.6 is 0 Å². The fourth-order valence-corrected chi connectivity index (χ4v) is 2.68. The van der Waals surface area contributed by atoms with Crippen molar-refractivity contribution >= 4 is 6.03 Å². The van der Waals surface area contributed by atoms with Crippen molar-refractivity contribution < 1.29 is 9.90 Å². The normalized spacial score (nSPS) is 20.2. The van der Waals surface area contributed by atoms with Gasteiger partial charge in [-0.05, 0) is 32.0 Å². The number of benzene rings is 1. The van der Waals surface area contributed by atoms with Gasteiger partial charge in [0.2, 0.25) is 0 Å². The molecule has 1 heterocycles. The van der Waals surface area contributed by atoms with E-state index in [-0.39, 0.29) is 12.6 Å². The molecule has 1 fully saturated rings. The smallest absolute Gasteiger partial charge is 0.314 e. The molecule has 1 saturated heterocycles. The maximum atomic E-state index is 11.7. The first-order chi connectivity index (χ1) is 10.1. The van der Waals surface area contributed by atoms with Gasteiger partial charge in [-0.1, -0.05) is 30.3 Å². The van der Waals surface area contributed by atoms with E-state index >= 15 is 0 Å². The molecule has 1 aromatic carbocycles. The molecule has 1 aliphatic rings. The lowest BCUT2D eigenvalue weighted by Gasteiger charge is -2.20. The Hall–Kier alpha value is -1.59. The number of hydrogen-bond acceptors (Lipinski definition) is 3. The minimum atomic E-state index is -0.563. The predicted octanol–water partition coefficient (Wildman–Crippen LogP) is 0.983. The van der Waals surface area contributed by atoms with E-state index in [1.807, 2.05) is 30.3 Å². The molecule has 0 spiro atoms. The average Bonchev–Trinajstić information content (AvgIpc) is 2.89. The van der Waals surface area contributed by atoms with Crippen LogP contribution < -0.4 is 10.6 Å². The zero-order valence-corrected chi connectivity index (χ0v) is 12.6. The standard InChI is InChI=1S/C16H25N3O2/c1-19-9-5-8-14(19)11-17-16(21)18-12-15(20)10-13-6-3-2-4-7-13/h2-4,6-7,14-15,20H,5,8-12H2,1H3,(H2,17,18,21). The van der Waals surface area contributed by atoms with E-state index in [2.05, 4.69) is 22.6 Å². The summed E-state index contributed by atoms with van der Waals surface area (Å²) in [5, 5.41) is 15.5. The summed E-state index contributed by atoms with van der Waals surface area (Å²) >= 11 is 0. The highest BCUT2D eigenvalue weighted by molar-refractivity contribution is 5.73. The van der Waals surface area contributed by atoms with Crippen LogP contribution in [0.2, 0.25) is 0 Å². The molecule has 2 unspecified atom stereocenters. The first-order valence-corrected chi connectivity index (χ1v) is 7.59. The fourth-order valence-electron chi connectivity index (χ4n) is 2.68. The third kappa shape index (κ3) is 5.36. The summed E-state index contributed by atoms with van der Waals surface area (Å²) < 4.78 is 0.